The zero-order valence-electron chi connectivity index (χ0n) is 14.5. The second-order valence-corrected chi connectivity index (χ2v) is 6.88. The van der Waals surface area contributed by atoms with Gasteiger partial charge in [0.2, 0.25) is 0 Å². The van der Waals surface area contributed by atoms with Crippen molar-refractivity contribution in [2.24, 2.45) is 0 Å². The molecule has 1 saturated heterocycles. The fourth-order valence-electron chi connectivity index (χ4n) is 3.70. The van der Waals surface area contributed by atoms with E-state index in [4.69, 9.17) is 14.5 Å². The van der Waals surface area contributed by atoms with E-state index in [0.29, 0.717) is 43.2 Å². The number of nitrogens with zero attached hydrogens (tertiary/aromatic N) is 3. The number of ether oxygens (including phenoxy) is 2. The maximum atomic E-state index is 14.5. The number of rotatable bonds is 2. The first kappa shape index (κ1) is 16.6. The summed E-state index contributed by atoms with van der Waals surface area (Å²) in [5.74, 6) is -1.07. The van der Waals surface area contributed by atoms with E-state index in [1.165, 1.54) is 12.1 Å². The molecule has 4 heterocycles. The summed E-state index contributed by atoms with van der Waals surface area (Å²) in [6.07, 6.45) is 1.71. The first-order valence-corrected chi connectivity index (χ1v) is 9.00. The molecule has 7 heteroatoms. The van der Waals surface area contributed by atoms with Crippen molar-refractivity contribution < 1.29 is 18.3 Å². The highest BCUT2D eigenvalue weighted by molar-refractivity contribution is 5.89. The summed E-state index contributed by atoms with van der Waals surface area (Å²) in [5.41, 5.74) is 4.19. The van der Waals surface area contributed by atoms with Gasteiger partial charge in [0.1, 0.15) is 22.8 Å². The van der Waals surface area contributed by atoms with Crippen LogP contribution in [0.1, 0.15) is 35.8 Å². The molecule has 2 aliphatic heterocycles. The van der Waals surface area contributed by atoms with Crippen molar-refractivity contribution in [3.8, 4) is 11.3 Å². The van der Waals surface area contributed by atoms with E-state index in [1.54, 1.807) is 0 Å². The van der Waals surface area contributed by atoms with E-state index in [2.05, 4.69) is 9.97 Å². The third-order valence-corrected chi connectivity index (χ3v) is 5.13. The molecule has 138 valence electrons. The van der Waals surface area contributed by atoms with E-state index in [-0.39, 0.29) is 11.5 Å². The fourth-order valence-corrected chi connectivity index (χ4v) is 3.70. The van der Waals surface area contributed by atoms with Gasteiger partial charge in [0.05, 0.1) is 30.1 Å². The molecule has 0 aliphatic carbocycles. The van der Waals surface area contributed by atoms with Crippen LogP contribution < -0.4 is 0 Å². The lowest BCUT2D eigenvalue weighted by atomic mass is 9.95. The Hall–Kier alpha value is -2.51. The number of hydrogen-bond acceptors (Lipinski definition) is 5. The van der Waals surface area contributed by atoms with Crippen LogP contribution >= 0.6 is 0 Å². The van der Waals surface area contributed by atoms with Crippen molar-refractivity contribution in [3.63, 3.8) is 0 Å². The van der Waals surface area contributed by atoms with Gasteiger partial charge in [-0.2, -0.15) is 0 Å². The van der Waals surface area contributed by atoms with Crippen LogP contribution in [0.25, 0.3) is 22.3 Å². The average Bonchev–Trinajstić information content (AvgIpc) is 3.14. The lowest BCUT2D eigenvalue weighted by Gasteiger charge is -2.22. The number of pyridine rings is 1. The maximum absolute atomic E-state index is 14.5. The SMILES string of the molecule is Fc1ccc(-c2nc(C3CCOCC3)cc3nc4c(nc23)COC4)c(F)c1. The molecule has 2 aromatic heterocycles. The van der Waals surface area contributed by atoms with E-state index in [9.17, 15) is 8.78 Å². The van der Waals surface area contributed by atoms with Crippen LogP contribution in [0.15, 0.2) is 24.3 Å². The molecule has 5 rings (SSSR count). The van der Waals surface area contributed by atoms with Gasteiger partial charge in [0.15, 0.2) is 0 Å². The van der Waals surface area contributed by atoms with Crippen LogP contribution in [0.2, 0.25) is 0 Å². The molecule has 0 saturated carbocycles. The van der Waals surface area contributed by atoms with Crippen LogP contribution in [0.3, 0.4) is 0 Å². The summed E-state index contributed by atoms with van der Waals surface area (Å²) in [6, 6.07) is 5.44. The van der Waals surface area contributed by atoms with Crippen molar-refractivity contribution >= 4 is 11.0 Å². The minimum absolute atomic E-state index is 0.219. The quantitative estimate of drug-likeness (QED) is 0.686. The fraction of sp³-hybridized carbons (Fsp3) is 0.350. The molecule has 27 heavy (non-hydrogen) atoms. The molecule has 0 unspecified atom stereocenters. The number of benzene rings is 1. The maximum Gasteiger partial charge on any atom is 0.135 e. The van der Waals surface area contributed by atoms with Gasteiger partial charge >= 0.3 is 0 Å². The first-order chi connectivity index (χ1) is 13.2. The standard InChI is InChI=1S/C20H17F2N3O2/c21-12-1-2-13(14(22)7-12)19-20-16(23-17-9-27-10-18(17)25-20)8-15(24-19)11-3-5-26-6-4-11/h1-2,7-8,11H,3-6,9-10H2. The van der Waals surface area contributed by atoms with Gasteiger partial charge in [-0.05, 0) is 31.0 Å². The molecular formula is C20H17F2N3O2. The summed E-state index contributed by atoms with van der Waals surface area (Å²) in [7, 11) is 0. The minimum atomic E-state index is -0.661. The molecule has 1 aromatic carbocycles. The van der Waals surface area contributed by atoms with Crippen molar-refractivity contribution in [1.29, 1.82) is 0 Å². The predicted octanol–water partition coefficient (Wildman–Crippen LogP) is 3.89. The highest BCUT2D eigenvalue weighted by Crippen LogP contribution is 2.34. The van der Waals surface area contributed by atoms with Crippen LogP contribution in [-0.2, 0) is 22.7 Å². The Kier molecular flexibility index (Phi) is 4.06. The Morgan fingerprint density at radius 2 is 1.67 bits per heavy atom. The minimum Gasteiger partial charge on any atom is -0.381 e. The van der Waals surface area contributed by atoms with E-state index in [1.807, 2.05) is 6.07 Å². The van der Waals surface area contributed by atoms with Gasteiger partial charge in [0, 0.05) is 36.5 Å². The Morgan fingerprint density at radius 3 is 2.44 bits per heavy atom. The van der Waals surface area contributed by atoms with Crippen molar-refractivity contribution in [2.45, 2.75) is 32.0 Å². The highest BCUT2D eigenvalue weighted by atomic mass is 19.1. The summed E-state index contributed by atoms with van der Waals surface area (Å²) >= 11 is 0. The van der Waals surface area contributed by atoms with Gasteiger partial charge in [-0.1, -0.05) is 0 Å². The number of aromatic nitrogens is 3. The molecule has 0 radical (unpaired) electrons. The summed E-state index contributed by atoms with van der Waals surface area (Å²) in [4.78, 5) is 14.1. The van der Waals surface area contributed by atoms with Crippen molar-refractivity contribution in [2.75, 3.05) is 13.2 Å². The lowest BCUT2D eigenvalue weighted by Crippen LogP contribution is -2.15. The third-order valence-electron chi connectivity index (χ3n) is 5.13. The Morgan fingerprint density at radius 1 is 0.889 bits per heavy atom. The van der Waals surface area contributed by atoms with E-state index >= 15 is 0 Å². The van der Waals surface area contributed by atoms with E-state index < -0.39 is 11.6 Å². The molecule has 0 spiro atoms. The van der Waals surface area contributed by atoms with Gasteiger partial charge in [-0.25, -0.2) is 23.7 Å². The summed E-state index contributed by atoms with van der Waals surface area (Å²) in [5, 5.41) is 0. The number of hydrogen-bond donors (Lipinski definition) is 0. The molecule has 0 N–H and O–H groups in total. The van der Waals surface area contributed by atoms with Gasteiger partial charge in [0.25, 0.3) is 0 Å². The van der Waals surface area contributed by atoms with Crippen LogP contribution in [-0.4, -0.2) is 28.2 Å². The van der Waals surface area contributed by atoms with Crippen LogP contribution in [0.4, 0.5) is 8.78 Å². The molecule has 1 fully saturated rings. The van der Waals surface area contributed by atoms with Crippen molar-refractivity contribution in [1.82, 2.24) is 15.0 Å². The lowest BCUT2D eigenvalue weighted by molar-refractivity contribution is 0.0845. The zero-order chi connectivity index (χ0) is 18.4. The second-order valence-electron chi connectivity index (χ2n) is 6.88. The number of halogens is 2. The molecular weight excluding hydrogens is 352 g/mol. The van der Waals surface area contributed by atoms with Gasteiger partial charge < -0.3 is 9.47 Å². The summed E-state index contributed by atoms with van der Waals surface area (Å²) < 4.78 is 38.8. The molecule has 5 nitrogen and oxygen atoms in total. The normalized spacial score (nSPS) is 17.4. The average molecular weight is 369 g/mol. The Bertz CT molecular complexity index is 1040. The molecule has 0 bridgehead atoms. The molecule has 0 amide bonds. The largest absolute Gasteiger partial charge is 0.381 e. The van der Waals surface area contributed by atoms with Gasteiger partial charge in [-0.15, -0.1) is 0 Å². The number of fused-ring (bicyclic) bond motifs is 2. The first-order valence-electron chi connectivity index (χ1n) is 9.00. The molecule has 2 aliphatic rings. The smallest absolute Gasteiger partial charge is 0.135 e. The highest BCUT2D eigenvalue weighted by Gasteiger charge is 2.24. The monoisotopic (exact) mass is 369 g/mol. The second kappa shape index (κ2) is 6.58. The van der Waals surface area contributed by atoms with Crippen molar-refractivity contribution in [3.05, 3.63) is 53.0 Å². The summed E-state index contributed by atoms with van der Waals surface area (Å²) in [6.45, 7) is 2.15. The Labute approximate surface area is 154 Å². The molecule has 0 atom stereocenters. The third kappa shape index (κ3) is 2.96. The van der Waals surface area contributed by atoms with E-state index in [0.717, 1.165) is 36.0 Å². The topological polar surface area (TPSA) is 57.1 Å². The molecule has 3 aromatic rings. The predicted molar refractivity (Wildman–Crippen MR) is 94.0 cm³/mol. The van der Waals surface area contributed by atoms with Crippen LogP contribution in [0.5, 0.6) is 0 Å². The van der Waals surface area contributed by atoms with Crippen LogP contribution in [0, 0.1) is 11.6 Å². The zero-order valence-corrected chi connectivity index (χ0v) is 14.5. The Balaban J connectivity index is 1.75. The van der Waals surface area contributed by atoms with Gasteiger partial charge in [-0.3, -0.25) is 0 Å².